The predicted molar refractivity (Wildman–Crippen MR) is 64.7 cm³/mol. The van der Waals surface area contributed by atoms with Gasteiger partial charge in [-0.1, -0.05) is 33.6 Å². The summed E-state index contributed by atoms with van der Waals surface area (Å²) in [6, 6.07) is 0. The van der Waals surface area contributed by atoms with Gasteiger partial charge in [-0.05, 0) is 19.3 Å². The topological polar surface area (TPSA) is 38.0 Å². The summed E-state index contributed by atoms with van der Waals surface area (Å²) >= 11 is 0. The molecule has 0 heterocycles. The van der Waals surface area contributed by atoms with E-state index in [1.54, 1.807) is 0 Å². The van der Waals surface area contributed by atoms with Crippen LogP contribution in [0.2, 0.25) is 0 Å². The molecule has 0 aliphatic rings. The maximum Gasteiger partial charge on any atom is 0.0316 e. The average molecular weight is 231 g/mol. The van der Waals surface area contributed by atoms with E-state index in [9.17, 15) is 0 Å². The zero-order valence-electron chi connectivity index (χ0n) is 8.93. The summed E-state index contributed by atoms with van der Waals surface area (Å²) in [5, 5.41) is 0. The standard InChI is InChI=1S/C9H22N2.2ClH/c1-4-7-8-9(5-2,6-3)11-10;;/h11H,4-8,10H2,1-3H3;2*1H. The lowest BCUT2D eigenvalue weighted by molar-refractivity contribution is 0.276. The second kappa shape index (κ2) is 10.6. The van der Waals surface area contributed by atoms with Crippen molar-refractivity contribution in [3.63, 3.8) is 0 Å². The summed E-state index contributed by atoms with van der Waals surface area (Å²) in [5.74, 6) is 5.52. The molecule has 4 heteroatoms. The van der Waals surface area contributed by atoms with Crippen LogP contribution < -0.4 is 11.3 Å². The van der Waals surface area contributed by atoms with Gasteiger partial charge in [0.25, 0.3) is 0 Å². The maximum absolute atomic E-state index is 5.52. The Morgan fingerprint density at radius 2 is 1.54 bits per heavy atom. The van der Waals surface area contributed by atoms with E-state index in [1.165, 1.54) is 19.3 Å². The van der Waals surface area contributed by atoms with Crippen molar-refractivity contribution < 1.29 is 0 Å². The number of unbranched alkanes of at least 4 members (excludes halogenated alkanes) is 1. The minimum absolute atomic E-state index is 0. The molecule has 0 saturated heterocycles. The fraction of sp³-hybridized carbons (Fsp3) is 1.00. The number of nitrogens with two attached hydrogens (primary N) is 1. The molecule has 0 saturated carbocycles. The van der Waals surface area contributed by atoms with Gasteiger partial charge in [0.15, 0.2) is 0 Å². The summed E-state index contributed by atoms with van der Waals surface area (Å²) in [6.45, 7) is 6.60. The lowest BCUT2D eigenvalue weighted by Gasteiger charge is -2.30. The minimum Gasteiger partial charge on any atom is -0.271 e. The maximum atomic E-state index is 5.52. The van der Waals surface area contributed by atoms with Crippen LogP contribution in [-0.4, -0.2) is 5.54 Å². The molecule has 2 nitrogen and oxygen atoms in total. The minimum atomic E-state index is 0. The van der Waals surface area contributed by atoms with E-state index in [0.717, 1.165) is 12.8 Å². The first-order valence-corrected chi connectivity index (χ1v) is 4.72. The molecule has 0 fully saturated rings. The van der Waals surface area contributed by atoms with Gasteiger partial charge in [-0.3, -0.25) is 11.3 Å². The Balaban J connectivity index is -0.000000500. The number of hydrazine groups is 1. The van der Waals surface area contributed by atoms with E-state index in [4.69, 9.17) is 5.84 Å². The molecule has 84 valence electrons. The molecule has 13 heavy (non-hydrogen) atoms. The van der Waals surface area contributed by atoms with Crippen LogP contribution in [0.25, 0.3) is 0 Å². The van der Waals surface area contributed by atoms with Gasteiger partial charge in [0, 0.05) is 5.54 Å². The molecule has 3 N–H and O–H groups in total. The molecular weight excluding hydrogens is 207 g/mol. The van der Waals surface area contributed by atoms with Crippen molar-refractivity contribution >= 4 is 24.8 Å². The Morgan fingerprint density at radius 3 is 1.77 bits per heavy atom. The molecule has 0 radical (unpaired) electrons. The van der Waals surface area contributed by atoms with Gasteiger partial charge >= 0.3 is 0 Å². The van der Waals surface area contributed by atoms with Gasteiger partial charge in [-0.15, -0.1) is 24.8 Å². The molecule has 0 aliphatic carbocycles. The van der Waals surface area contributed by atoms with Crippen LogP contribution >= 0.6 is 24.8 Å². The highest BCUT2D eigenvalue weighted by Gasteiger charge is 2.22. The molecule has 0 aromatic heterocycles. The van der Waals surface area contributed by atoms with Gasteiger partial charge < -0.3 is 0 Å². The van der Waals surface area contributed by atoms with Gasteiger partial charge in [0.1, 0.15) is 0 Å². The Hall–Kier alpha value is 0.500. The summed E-state index contributed by atoms with van der Waals surface area (Å²) < 4.78 is 0. The van der Waals surface area contributed by atoms with E-state index in [1.807, 2.05) is 0 Å². The monoisotopic (exact) mass is 230 g/mol. The van der Waals surface area contributed by atoms with Crippen LogP contribution in [0.4, 0.5) is 0 Å². The molecule has 0 aromatic carbocycles. The molecule has 0 amide bonds. The summed E-state index contributed by atoms with van der Waals surface area (Å²) in [7, 11) is 0. The lowest BCUT2D eigenvalue weighted by atomic mass is 9.88. The van der Waals surface area contributed by atoms with Crippen molar-refractivity contribution in [3.8, 4) is 0 Å². The molecular formula is C9H24Cl2N2. The van der Waals surface area contributed by atoms with E-state index in [2.05, 4.69) is 26.2 Å². The predicted octanol–water partition coefficient (Wildman–Crippen LogP) is 3.04. The normalized spacial score (nSPS) is 10.2. The largest absolute Gasteiger partial charge is 0.271 e. The number of nitrogens with one attached hydrogen (secondary N) is 1. The first-order chi connectivity index (χ1) is 5.24. The first-order valence-electron chi connectivity index (χ1n) is 4.72. The Bertz CT molecular complexity index is 87.4. The Morgan fingerprint density at radius 1 is 1.08 bits per heavy atom. The van der Waals surface area contributed by atoms with Gasteiger partial charge in [0.05, 0.1) is 0 Å². The smallest absolute Gasteiger partial charge is 0.0316 e. The number of rotatable bonds is 6. The third kappa shape index (κ3) is 6.55. The average Bonchev–Trinajstić information content (AvgIpc) is 2.08. The van der Waals surface area contributed by atoms with Crippen LogP contribution in [0.5, 0.6) is 0 Å². The highest BCUT2D eigenvalue weighted by molar-refractivity contribution is 5.85. The van der Waals surface area contributed by atoms with E-state index in [-0.39, 0.29) is 30.4 Å². The summed E-state index contributed by atoms with van der Waals surface area (Å²) in [5.41, 5.74) is 3.15. The quantitative estimate of drug-likeness (QED) is 0.544. The van der Waals surface area contributed by atoms with Crippen molar-refractivity contribution in [1.82, 2.24) is 5.43 Å². The fourth-order valence-corrected chi connectivity index (χ4v) is 1.40. The number of hydrogen-bond acceptors (Lipinski definition) is 2. The molecule has 0 rings (SSSR count). The zero-order chi connectivity index (χ0) is 8.74. The second-order valence-corrected chi connectivity index (χ2v) is 3.24. The second-order valence-electron chi connectivity index (χ2n) is 3.24. The number of halogens is 2. The third-order valence-corrected chi connectivity index (χ3v) is 2.67. The molecule has 0 aromatic rings. The van der Waals surface area contributed by atoms with E-state index < -0.39 is 0 Å². The van der Waals surface area contributed by atoms with Crippen molar-refractivity contribution in [3.05, 3.63) is 0 Å². The summed E-state index contributed by atoms with van der Waals surface area (Å²) in [6.07, 6.45) is 5.97. The molecule has 0 unspecified atom stereocenters. The molecule has 0 aliphatic heterocycles. The third-order valence-electron chi connectivity index (χ3n) is 2.67. The SMILES string of the molecule is CCCCC(CC)(CC)NN.Cl.Cl. The Labute approximate surface area is 94.8 Å². The fourth-order valence-electron chi connectivity index (χ4n) is 1.40. The first kappa shape index (κ1) is 19.1. The van der Waals surface area contributed by atoms with Crippen LogP contribution in [-0.2, 0) is 0 Å². The van der Waals surface area contributed by atoms with Crippen LogP contribution in [0.1, 0.15) is 52.9 Å². The van der Waals surface area contributed by atoms with Gasteiger partial charge in [0.2, 0.25) is 0 Å². The van der Waals surface area contributed by atoms with Gasteiger partial charge in [-0.25, -0.2) is 0 Å². The summed E-state index contributed by atoms with van der Waals surface area (Å²) in [4.78, 5) is 0. The van der Waals surface area contributed by atoms with Gasteiger partial charge in [-0.2, -0.15) is 0 Å². The van der Waals surface area contributed by atoms with Crippen LogP contribution in [0.15, 0.2) is 0 Å². The lowest BCUT2D eigenvalue weighted by Crippen LogP contribution is -2.48. The molecule has 0 bridgehead atoms. The van der Waals surface area contributed by atoms with Crippen molar-refractivity contribution in [1.29, 1.82) is 0 Å². The van der Waals surface area contributed by atoms with Crippen molar-refractivity contribution in [2.75, 3.05) is 0 Å². The van der Waals surface area contributed by atoms with Crippen molar-refractivity contribution in [2.45, 2.75) is 58.4 Å². The highest BCUT2D eigenvalue weighted by Crippen LogP contribution is 2.20. The van der Waals surface area contributed by atoms with Crippen molar-refractivity contribution in [2.24, 2.45) is 5.84 Å². The Kier molecular flexibility index (Phi) is 15.6. The zero-order valence-corrected chi connectivity index (χ0v) is 10.6. The van der Waals surface area contributed by atoms with Crippen LogP contribution in [0.3, 0.4) is 0 Å². The van der Waals surface area contributed by atoms with E-state index in [0.29, 0.717) is 0 Å². The van der Waals surface area contributed by atoms with E-state index >= 15 is 0 Å². The highest BCUT2D eigenvalue weighted by atomic mass is 35.5. The number of hydrogen-bond donors (Lipinski definition) is 2. The molecule has 0 atom stereocenters. The molecule has 0 spiro atoms. The van der Waals surface area contributed by atoms with Crippen LogP contribution in [0, 0.1) is 0 Å².